The lowest BCUT2D eigenvalue weighted by atomic mass is 10.2. The predicted octanol–water partition coefficient (Wildman–Crippen LogP) is 4.34. The van der Waals surface area contributed by atoms with E-state index in [-0.39, 0.29) is 5.82 Å². The number of halogens is 2. The largest absolute Gasteiger partial charge is 0.337 e. The van der Waals surface area contributed by atoms with E-state index < -0.39 is 0 Å². The molecule has 0 spiro atoms. The lowest BCUT2D eigenvalue weighted by molar-refractivity contribution is 0.630. The normalized spacial score (nSPS) is 10.4. The van der Waals surface area contributed by atoms with Crippen LogP contribution in [0.4, 0.5) is 15.9 Å². The fourth-order valence-electron chi connectivity index (χ4n) is 1.54. The fourth-order valence-corrected chi connectivity index (χ4v) is 1.87. The summed E-state index contributed by atoms with van der Waals surface area (Å²) in [5, 5.41) is 3.02. The zero-order chi connectivity index (χ0) is 12.4. The average molecular weight is 295 g/mol. The highest BCUT2D eigenvalue weighted by Crippen LogP contribution is 2.29. The zero-order valence-electron chi connectivity index (χ0n) is 9.59. The quantitative estimate of drug-likeness (QED) is 0.891. The van der Waals surface area contributed by atoms with Crippen molar-refractivity contribution in [3.8, 4) is 0 Å². The molecule has 1 heterocycles. The van der Waals surface area contributed by atoms with Gasteiger partial charge in [-0.25, -0.2) is 9.37 Å². The highest BCUT2D eigenvalue weighted by Gasteiger charge is 2.09. The Morgan fingerprint density at radius 3 is 2.65 bits per heavy atom. The molecular formula is C13H12BrFN2. The highest BCUT2D eigenvalue weighted by atomic mass is 79.9. The molecule has 1 aromatic heterocycles. The molecular weight excluding hydrogens is 283 g/mol. The standard InChI is InChI=1S/C13H12BrFN2/c1-8-6-7-16-13(11(8)14)17-12-9(2)4-3-5-10(12)15/h3-7H,1-2H3,(H,16,17). The van der Waals surface area contributed by atoms with Crippen molar-refractivity contribution in [3.63, 3.8) is 0 Å². The molecule has 0 aliphatic heterocycles. The number of nitrogens with zero attached hydrogens (tertiary/aromatic N) is 1. The van der Waals surface area contributed by atoms with Gasteiger partial charge in [-0.15, -0.1) is 0 Å². The molecule has 17 heavy (non-hydrogen) atoms. The summed E-state index contributed by atoms with van der Waals surface area (Å²) < 4.78 is 14.5. The first-order chi connectivity index (χ1) is 8.09. The second-order valence-corrected chi connectivity index (χ2v) is 4.64. The second-order valence-electron chi connectivity index (χ2n) is 3.85. The topological polar surface area (TPSA) is 24.9 Å². The summed E-state index contributed by atoms with van der Waals surface area (Å²) in [4.78, 5) is 4.19. The molecule has 2 nitrogen and oxygen atoms in total. The van der Waals surface area contributed by atoms with E-state index >= 15 is 0 Å². The van der Waals surface area contributed by atoms with Gasteiger partial charge in [0.2, 0.25) is 0 Å². The molecule has 0 saturated heterocycles. The van der Waals surface area contributed by atoms with Crippen LogP contribution in [0, 0.1) is 19.7 Å². The minimum Gasteiger partial charge on any atom is -0.337 e. The molecule has 2 aromatic rings. The third kappa shape index (κ3) is 2.47. The summed E-state index contributed by atoms with van der Waals surface area (Å²) in [5.74, 6) is 0.346. The van der Waals surface area contributed by atoms with E-state index in [9.17, 15) is 4.39 Å². The number of nitrogens with one attached hydrogen (secondary N) is 1. The molecule has 0 fully saturated rings. The molecule has 2 rings (SSSR count). The van der Waals surface area contributed by atoms with Gasteiger partial charge >= 0.3 is 0 Å². The highest BCUT2D eigenvalue weighted by molar-refractivity contribution is 9.10. The van der Waals surface area contributed by atoms with Crippen LogP contribution in [0.1, 0.15) is 11.1 Å². The molecule has 0 aliphatic rings. The minimum absolute atomic E-state index is 0.278. The van der Waals surface area contributed by atoms with Crippen molar-refractivity contribution in [1.82, 2.24) is 4.98 Å². The Balaban J connectivity index is 2.42. The Morgan fingerprint density at radius 2 is 1.94 bits per heavy atom. The summed E-state index contributed by atoms with van der Waals surface area (Å²) in [6.45, 7) is 3.82. The molecule has 0 atom stereocenters. The van der Waals surface area contributed by atoms with Gasteiger partial charge in [-0.2, -0.15) is 0 Å². The van der Waals surface area contributed by atoms with Gasteiger partial charge in [0.15, 0.2) is 0 Å². The van der Waals surface area contributed by atoms with Crippen molar-refractivity contribution < 1.29 is 4.39 Å². The molecule has 88 valence electrons. The van der Waals surface area contributed by atoms with Crippen molar-refractivity contribution in [2.75, 3.05) is 5.32 Å². The lowest BCUT2D eigenvalue weighted by Gasteiger charge is -2.12. The van der Waals surface area contributed by atoms with Crippen LogP contribution < -0.4 is 5.32 Å². The van der Waals surface area contributed by atoms with Gasteiger partial charge in [0.1, 0.15) is 11.6 Å². The Bertz CT molecular complexity index is 535. The number of benzene rings is 1. The van der Waals surface area contributed by atoms with Crippen molar-refractivity contribution in [3.05, 3.63) is 51.9 Å². The van der Waals surface area contributed by atoms with Crippen molar-refractivity contribution in [2.45, 2.75) is 13.8 Å². The Labute approximate surface area is 108 Å². The Kier molecular flexibility index (Phi) is 3.43. The van der Waals surface area contributed by atoms with Crippen LogP contribution in [0.15, 0.2) is 34.9 Å². The van der Waals surface area contributed by atoms with E-state index in [1.54, 1.807) is 12.3 Å². The van der Waals surface area contributed by atoms with E-state index in [2.05, 4.69) is 26.2 Å². The van der Waals surface area contributed by atoms with Gasteiger partial charge in [0, 0.05) is 6.20 Å². The van der Waals surface area contributed by atoms with Crippen molar-refractivity contribution in [1.29, 1.82) is 0 Å². The number of aromatic nitrogens is 1. The summed E-state index contributed by atoms with van der Waals surface area (Å²) in [7, 11) is 0. The summed E-state index contributed by atoms with van der Waals surface area (Å²) >= 11 is 3.44. The van der Waals surface area contributed by atoms with Gasteiger partial charge in [-0.05, 0) is 53.0 Å². The Hall–Kier alpha value is -1.42. The third-order valence-electron chi connectivity index (χ3n) is 2.55. The first kappa shape index (κ1) is 12.0. The van der Waals surface area contributed by atoms with Crippen molar-refractivity contribution in [2.24, 2.45) is 0 Å². The average Bonchev–Trinajstić information content (AvgIpc) is 2.29. The van der Waals surface area contributed by atoms with Gasteiger partial charge < -0.3 is 5.32 Å². The summed E-state index contributed by atoms with van der Waals surface area (Å²) in [6, 6.07) is 6.87. The maximum atomic E-state index is 13.7. The molecule has 1 aromatic carbocycles. The smallest absolute Gasteiger partial charge is 0.146 e. The van der Waals surface area contributed by atoms with Crippen LogP contribution in [0.3, 0.4) is 0 Å². The second kappa shape index (κ2) is 4.84. The van der Waals surface area contributed by atoms with Crippen LogP contribution in [-0.2, 0) is 0 Å². The number of anilines is 2. The van der Waals surface area contributed by atoms with Crippen LogP contribution >= 0.6 is 15.9 Å². The maximum absolute atomic E-state index is 13.7. The zero-order valence-corrected chi connectivity index (χ0v) is 11.2. The van der Waals surface area contributed by atoms with Gasteiger partial charge in [0.05, 0.1) is 10.2 Å². The summed E-state index contributed by atoms with van der Waals surface area (Å²) in [6.07, 6.45) is 1.69. The summed E-state index contributed by atoms with van der Waals surface area (Å²) in [5.41, 5.74) is 2.36. The predicted molar refractivity (Wildman–Crippen MR) is 71.1 cm³/mol. The number of rotatable bonds is 2. The molecule has 4 heteroatoms. The Morgan fingerprint density at radius 1 is 1.18 bits per heavy atom. The molecule has 0 aliphatic carbocycles. The number of para-hydroxylation sites is 1. The van der Waals surface area contributed by atoms with Gasteiger partial charge in [-0.1, -0.05) is 12.1 Å². The molecule has 0 radical (unpaired) electrons. The van der Waals surface area contributed by atoms with Crippen LogP contribution in [0.2, 0.25) is 0 Å². The molecule has 0 saturated carbocycles. The number of aryl methyl sites for hydroxylation is 2. The van der Waals surface area contributed by atoms with E-state index in [0.29, 0.717) is 11.5 Å². The van der Waals surface area contributed by atoms with Crippen LogP contribution in [-0.4, -0.2) is 4.98 Å². The first-order valence-corrected chi connectivity index (χ1v) is 6.02. The molecule has 0 unspecified atom stereocenters. The van der Waals surface area contributed by atoms with Crippen LogP contribution in [0.5, 0.6) is 0 Å². The number of pyridine rings is 1. The van der Waals surface area contributed by atoms with E-state index in [1.807, 2.05) is 26.0 Å². The van der Waals surface area contributed by atoms with Gasteiger partial charge in [-0.3, -0.25) is 0 Å². The van der Waals surface area contributed by atoms with E-state index in [4.69, 9.17) is 0 Å². The van der Waals surface area contributed by atoms with E-state index in [1.165, 1.54) is 6.07 Å². The number of hydrogen-bond acceptors (Lipinski definition) is 2. The van der Waals surface area contributed by atoms with Crippen molar-refractivity contribution >= 4 is 27.4 Å². The maximum Gasteiger partial charge on any atom is 0.146 e. The molecule has 1 N–H and O–H groups in total. The monoisotopic (exact) mass is 294 g/mol. The molecule has 0 amide bonds. The lowest BCUT2D eigenvalue weighted by Crippen LogP contribution is -2.00. The minimum atomic E-state index is -0.278. The van der Waals surface area contributed by atoms with Crippen LogP contribution in [0.25, 0.3) is 0 Å². The fraction of sp³-hybridized carbons (Fsp3) is 0.154. The molecule has 0 bridgehead atoms. The third-order valence-corrected chi connectivity index (χ3v) is 3.55. The first-order valence-electron chi connectivity index (χ1n) is 5.23. The van der Waals surface area contributed by atoms with Gasteiger partial charge in [0.25, 0.3) is 0 Å². The SMILES string of the molecule is Cc1ccnc(Nc2c(C)cccc2F)c1Br. The van der Waals surface area contributed by atoms with E-state index in [0.717, 1.165) is 15.6 Å². The number of hydrogen-bond donors (Lipinski definition) is 1.